The average Bonchev–Trinajstić information content (AvgIpc) is 2.91. The van der Waals surface area contributed by atoms with Crippen molar-refractivity contribution in [2.75, 3.05) is 13.1 Å². The van der Waals surface area contributed by atoms with E-state index in [9.17, 15) is 5.11 Å². The van der Waals surface area contributed by atoms with Crippen LogP contribution < -0.4 is 0 Å². The lowest BCUT2D eigenvalue weighted by atomic mass is 10.1. The highest BCUT2D eigenvalue weighted by Gasteiger charge is 2.15. The van der Waals surface area contributed by atoms with Crippen molar-refractivity contribution in [3.8, 4) is 0 Å². The molecular formula is C15H18ClNO2. The first kappa shape index (κ1) is 14.1. The first-order chi connectivity index (χ1) is 9.20. The molecule has 3 nitrogen and oxygen atoms in total. The second kappa shape index (κ2) is 6.75. The van der Waals surface area contributed by atoms with Crippen LogP contribution >= 0.6 is 11.6 Å². The highest BCUT2D eigenvalue weighted by molar-refractivity contribution is 6.31. The van der Waals surface area contributed by atoms with Gasteiger partial charge in [0.2, 0.25) is 0 Å². The number of hydrogen-bond acceptors (Lipinski definition) is 3. The molecule has 2 aromatic rings. The van der Waals surface area contributed by atoms with Crippen molar-refractivity contribution in [1.82, 2.24) is 4.90 Å². The predicted octanol–water partition coefficient (Wildman–Crippen LogP) is 3.49. The summed E-state index contributed by atoms with van der Waals surface area (Å²) in [5, 5.41) is 10.9. The summed E-state index contributed by atoms with van der Waals surface area (Å²) in [6, 6.07) is 9.34. The summed E-state index contributed by atoms with van der Waals surface area (Å²) < 4.78 is 5.06. The maximum atomic E-state index is 10.3. The Labute approximate surface area is 118 Å². The van der Waals surface area contributed by atoms with Crippen molar-refractivity contribution in [1.29, 1.82) is 0 Å². The van der Waals surface area contributed by atoms with Gasteiger partial charge < -0.3 is 9.52 Å². The van der Waals surface area contributed by atoms with Gasteiger partial charge in [0.25, 0.3) is 0 Å². The third-order valence-electron chi connectivity index (χ3n) is 3.13. The van der Waals surface area contributed by atoms with E-state index in [2.05, 4.69) is 11.8 Å². The van der Waals surface area contributed by atoms with Gasteiger partial charge in [0, 0.05) is 29.2 Å². The summed E-state index contributed by atoms with van der Waals surface area (Å²) in [5.74, 6) is 0. The lowest BCUT2D eigenvalue weighted by Crippen LogP contribution is -2.28. The fraction of sp³-hybridized carbons (Fsp3) is 0.333. The lowest BCUT2D eigenvalue weighted by Gasteiger charge is -2.23. The van der Waals surface area contributed by atoms with Crippen LogP contribution in [0.4, 0.5) is 0 Å². The Morgan fingerprint density at radius 1 is 1.32 bits per heavy atom. The quantitative estimate of drug-likeness (QED) is 0.879. The lowest BCUT2D eigenvalue weighted by molar-refractivity contribution is 0.112. The van der Waals surface area contributed by atoms with Crippen molar-refractivity contribution >= 4 is 11.6 Å². The predicted molar refractivity (Wildman–Crippen MR) is 76.1 cm³/mol. The maximum Gasteiger partial charge on any atom is 0.0947 e. The first-order valence-corrected chi connectivity index (χ1v) is 6.74. The zero-order chi connectivity index (χ0) is 13.7. The Hall–Kier alpha value is -1.29. The molecule has 0 aliphatic carbocycles. The van der Waals surface area contributed by atoms with Crippen molar-refractivity contribution in [2.45, 2.75) is 19.6 Å². The number of likely N-dealkylation sites (N-methyl/N-ethyl adjacent to an activating group) is 1. The van der Waals surface area contributed by atoms with E-state index in [0.717, 1.165) is 24.2 Å². The molecule has 0 amide bonds. The number of furan rings is 1. The van der Waals surface area contributed by atoms with Crippen LogP contribution in [0.25, 0.3) is 0 Å². The number of rotatable bonds is 6. The number of halogens is 1. The molecule has 0 saturated carbocycles. The van der Waals surface area contributed by atoms with Crippen molar-refractivity contribution in [3.05, 3.63) is 59.0 Å². The van der Waals surface area contributed by atoms with Crippen molar-refractivity contribution in [2.24, 2.45) is 0 Å². The Morgan fingerprint density at radius 2 is 2.11 bits per heavy atom. The third-order valence-corrected chi connectivity index (χ3v) is 3.47. The fourth-order valence-electron chi connectivity index (χ4n) is 2.03. The van der Waals surface area contributed by atoms with E-state index in [4.69, 9.17) is 16.0 Å². The molecule has 0 aliphatic rings. The van der Waals surface area contributed by atoms with E-state index in [1.165, 1.54) is 0 Å². The minimum Gasteiger partial charge on any atom is -0.472 e. The summed E-state index contributed by atoms with van der Waals surface area (Å²) in [4.78, 5) is 2.15. The molecule has 1 atom stereocenters. The number of aliphatic hydroxyl groups is 1. The second-order valence-corrected chi connectivity index (χ2v) is 4.90. The normalized spacial score (nSPS) is 12.8. The zero-order valence-electron chi connectivity index (χ0n) is 10.9. The van der Waals surface area contributed by atoms with Crippen LogP contribution in [-0.4, -0.2) is 23.1 Å². The number of hydrogen-bond donors (Lipinski definition) is 1. The van der Waals surface area contributed by atoms with Gasteiger partial charge >= 0.3 is 0 Å². The van der Waals surface area contributed by atoms with Crippen LogP contribution in [0.5, 0.6) is 0 Å². The zero-order valence-corrected chi connectivity index (χ0v) is 11.7. The molecular weight excluding hydrogens is 262 g/mol. The van der Waals surface area contributed by atoms with Gasteiger partial charge in [0.1, 0.15) is 0 Å². The van der Waals surface area contributed by atoms with Gasteiger partial charge in [-0.3, -0.25) is 4.90 Å². The van der Waals surface area contributed by atoms with E-state index in [0.29, 0.717) is 11.6 Å². The van der Waals surface area contributed by atoms with Crippen LogP contribution in [0.1, 0.15) is 24.2 Å². The summed E-state index contributed by atoms with van der Waals surface area (Å²) in [6.07, 6.45) is 2.80. The van der Waals surface area contributed by atoms with E-state index in [-0.39, 0.29) is 0 Å². The van der Waals surface area contributed by atoms with E-state index < -0.39 is 6.10 Å². The van der Waals surface area contributed by atoms with Gasteiger partial charge in [-0.1, -0.05) is 36.7 Å². The molecule has 102 valence electrons. The van der Waals surface area contributed by atoms with Crippen LogP contribution in [0.2, 0.25) is 5.02 Å². The smallest absolute Gasteiger partial charge is 0.0947 e. The second-order valence-electron chi connectivity index (χ2n) is 4.50. The highest BCUT2D eigenvalue weighted by Crippen LogP contribution is 2.23. The Balaban J connectivity index is 2.00. The molecule has 2 rings (SSSR count). The number of nitrogens with zero attached hydrogens (tertiary/aromatic N) is 1. The van der Waals surface area contributed by atoms with Crippen LogP contribution in [0.3, 0.4) is 0 Å². The molecule has 0 bridgehead atoms. The summed E-state index contributed by atoms with van der Waals surface area (Å²) in [6.45, 7) is 4.23. The number of aliphatic hydroxyl groups excluding tert-OH is 1. The van der Waals surface area contributed by atoms with Crippen LogP contribution in [0.15, 0.2) is 47.3 Å². The van der Waals surface area contributed by atoms with Crippen LogP contribution in [0, 0.1) is 0 Å². The summed E-state index contributed by atoms with van der Waals surface area (Å²) >= 11 is 6.09. The van der Waals surface area contributed by atoms with Gasteiger partial charge in [0.05, 0.1) is 18.6 Å². The molecule has 0 saturated heterocycles. The van der Waals surface area contributed by atoms with Gasteiger partial charge in [0.15, 0.2) is 0 Å². The van der Waals surface area contributed by atoms with Gasteiger partial charge in [-0.15, -0.1) is 0 Å². The standard InChI is InChI=1S/C15H18ClNO2/c1-2-17(9-12-7-8-19-11-12)10-15(18)13-5-3-4-6-14(13)16/h3-8,11,15,18H,2,9-10H2,1H3. The SMILES string of the molecule is CCN(Cc1ccoc1)CC(O)c1ccccc1Cl. The number of benzene rings is 1. The van der Waals surface area contributed by atoms with Gasteiger partial charge in [-0.2, -0.15) is 0 Å². The molecule has 4 heteroatoms. The molecule has 1 unspecified atom stereocenters. The van der Waals surface area contributed by atoms with E-state index in [1.54, 1.807) is 18.6 Å². The van der Waals surface area contributed by atoms with Crippen molar-refractivity contribution < 1.29 is 9.52 Å². The Kier molecular flexibility index (Phi) is 5.02. The fourth-order valence-corrected chi connectivity index (χ4v) is 2.30. The van der Waals surface area contributed by atoms with E-state index >= 15 is 0 Å². The highest BCUT2D eigenvalue weighted by atomic mass is 35.5. The minimum absolute atomic E-state index is 0.547. The maximum absolute atomic E-state index is 10.3. The minimum atomic E-state index is -0.583. The largest absolute Gasteiger partial charge is 0.472 e. The van der Waals surface area contributed by atoms with Crippen LogP contribution in [-0.2, 0) is 6.54 Å². The summed E-state index contributed by atoms with van der Waals surface area (Å²) in [5.41, 5.74) is 1.88. The molecule has 19 heavy (non-hydrogen) atoms. The molecule has 0 spiro atoms. The molecule has 1 heterocycles. The summed E-state index contributed by atoms with van der Waals surface area (Å²) in [7, 11) is 0. The molecule has 0 fully saturated rings. The Morgan fingerprint density at radius 3 is 2.74 bits per heavy atom. The monoisotopic (exact) mass is 279 g/mol. The molecule has 0 aliphatic heterocycles. The average molecular weight is 280 g/mol. The molecule has 0 radical (unpaired) electrons. The van der Waals surface area contributed by atoms with Gasteiger partial charge in [-0.05, 0) is 18.7 Å². The van der Waals surface area contributed by atoms with Gasteiger partial charge in [-0.25, -0.2) is 0 Å². The third kappa shape index (κ3) is 3.83. The van der Waals surface area contributed by atoms with Crippen molar-refractivity contribution in [3.63, 3.8) is 0 Å². The molecule has 1 aromatic heterocycles. The topological polar surface area (TPSA) is 36.6 Å². The molecule has 1 N–H and O–H groups in total. The Bertz CT molecular complexity index is 499. The first-order valence-electron chi connectivity index (χ1n) is 6.36. The van der Waals surface area contributed by atoms with E-state index in [1.807, 2.05) is 24.3 Å². The molecule has 1 aromatic carbocycles.